The molecule has 0 aromatic heterocycles. The van der Waals surface area contributed by atoms with E-state index >= 15 is 0 Å². The second-order valence-electron chi connectivity index (χ2n) is 6.70. The maximum Gasteiger partial charge on any atom is 0.242 e. The second-order valence-corrected chi connectivity index (χ2v) is 7.52. The zero-order valence-electron chi connectivity index (χ0n) is 16.3. The lowest BCUT2D eigenvalue weighted by atomic mass is 10.1. The maximum absolute atomic E-state index is 13.1. The van der Waals surface area contributed by atoms with Crippen molar-refractivity contribution < 1.29 is 9.59 Å². The van der Waals surface area contributed by atoms with Crippen LogP contribution in [-0.4, -0.2) is 29.3 Å². The molecule has 0 aliphatic rings. The van der Waals surface area contributed by atoms with Crippen molar-refractivity contribution in [2.24, 2.45) is 0 Å². The topological polar surface area (TPSA) is 49.4 Å². The fraction of sp³-hybridized carbons (Fsp3) is 0.364. The largest absolute Gasteiger partial charge is 0.354 e. The van der Waals surface area contributed by atoms with Crippen molar-refractivity contribution in [2.75, 3.05) is 6.54 Å². The van der Waals surface area contributed by atoms with Gasteiger partial charge in [-0.05, 0) is 36.6 Å². The van der Waals surface area contributed by atoms with Gasteiger partial charge in [-0.3, -0.25) is 9.59 Å². The number of nitrogens with one attached hydrogen (secondary N) is 1. The highest BCUT2D eigenvalue weighted by Gasteiger charge is 2.26. The van der Waals surface area contributed by atoms with Gasteiger partial charge in [-0.25, -0.2) is 0 Å². The lowest BCUT2D eigenvalue weighted by Crippen LogP contribution is -2.48. The summed E-state index contributed by atoms with van der Waals surface area (Å²) in [6, 6.07) is 14.0. The summed E-state index contributed by atoms with van der Waals surface area (Å²) in [5, 5.41) is 4.00. The van der Waals surface area contributed by atoms with Gasteiger partial charge in [0.2, 0.25) is 11.8 Å². The molecule has 1 N–H and O–H groups in total. The van der Waals surface area contributed by atoms with E-state index in [-0.39, 0.29) is 24.8 Å². The fourth-order valence-electron chi connectivity index (χ4n) is 2.84. The minimum Gasteiger partial charge on any atom is -0.354 e. The molecule has 0 saturated heterocycles. The SMILES string of the molecule is CCCCNC(=O)[C@H](C)N(Cc1ccccc1Cl)C(=O)Cc1ccccc1Cl. The number of rotatable bonds is 9. The third-order valence-electron chi connectivity index (χ3n) is 4.59. The molecule has 0 aliphatic heterocycles. The molecule has 0 heterocycles. The van der Waals surface area contributed by atoms with Crippen molar-refractivity contribution in [1.82, 2.24) is 10.2 Å². The van der Waals surface area contributed by atoms with E-state index in [4.69, 9.17) is 23.2 Å². The molecule has 2 amide bonds. The van der Waals surface area contributed by atoms with E-state index in [1.165, 1.54) is 0 Å². The predicted molar refractivity (Wildman–Crippen MR) is 115 cm³/mol. The van der Waals surface area contributed by atoms with Gasteiger partial charge in [0, 0.05) is 23.1 Å². The van der Waals surface area contributed by atoms with E-state index in [2.05, 4.69) is 12.2 Å². The molecule has 0 fully saturated rings. The molecule has 0 unspecified atom stereocenters. The molecule has 2 rings (SSSR count). The van der Waals surface area contributed by atoms with Gasteiger partial charge in [-0.2, -0.15) is 0 Å². The number of halogens is 2. The lowest BCUT2D eigenvalue weighted by molar-refractivity contribution is -0.140. The summed E-state index contributed by atoms with van der Waals surface area (Å²) in [7, 11) is 0. The average Bonchev–Trinajstić information content (AvgIpc) is 2.68. The minimum atomic E-state index is -0.622. The summed E-state index contributed by atoms with van der Waals surface area (Å²) < 4.78 is 0. The average molecular weight is 421 g/mol. The van der Waals surface area contributed by atoms with Gasteiger partial charge in [0.05, 0.1) is 6.42 Å². The van der Waals surface area contributed by atoms with Gasteiger partial charge in [0.15, 0.2) is 0 Å². The first-order chi connectivity index (χ1) is 13.4. The third kappa shape index (κ3) is 6.25. The van der Waals surface area contributed by atoms with E-state index < -0.39 is 6.04 Å². The van der Waals surface area contributed by atoms with Crippen molar-refractivity contribution >= 4 is 35.0 Å². The number of carbonyl (C=O) groups excluding carboxylic acids is 2. The van der Waals surface area contributed by atoms with Gasteiger partial charge in [-0.15, -0.1) is 0 Å². The molecular weight excluding hydrogens is 395 g/mol. The molecule has 28 heavy (non-hydrogen) atoms. The third-order valence-corrected chi connectivity index (χ3v) is 5.33. The van der Waals surface area contributed by atoms with Gasteiger partial charge in [0.25, 0.3) is 0 Å². The Kier molecular flexibility index (Phi) is 8.81. The van der Waals surface area contributed by atoms with Crippen LogP contribution in [0.3, 0.4) is 0 Å². The van der Waals surface area contributed by atoms with E-state index in [1.54, 1.807) is 24.0 Å². The van der Waals surface area contributed by atoms with Gasteiger partial charge in [0.1, 0.15) is 6.04 Å². The van der Waals surface area contributed by atoms with Gasteiger partial charge >= 0.3 is 0 Å². The van der Waals surface area contributed by atoms with Crippen LogP contribution in [0.5, 0.6) is 0 Å². The highest BCUT2D eigenvalue weighted by atomic mass is 35.5. The Bertz CT molecular complexity index is 811. The van der Waals surface area contributed by atoms with Crippen LogP contribution in [0.4, 0.5) is 0 Å². The highest BCUT2D eigenvalue weighted by molar-refractivity contribution is 6.31. The van der Waals surface area contributed by atoms with E-state index in [0.29, 0.717) is 16.6 Å². The minimum absolute atomic E-state index is 0.122. The van der Waals surface area contributed by atoms with E-state index in [9.17, 15) is 9.59 Å². The molecule has 2 aromatic carbocycles. The van der Waals surface area contributed by atoms with Crippen molar-refractivity contribution in [3.05, 3.63) is 69.7 Å². The summed E-state index contributed by atoms with van der Waals surface area (Å²) in [6.07, 6.45) is 2.01. The number of unbranched alkanes of at least 4 members (excludes halogenated alkanes) is 1. The van der Waals surface area contributed by atoms with Gasteiger partial charge in [-0.1, -0.05) is 72.9 Å². The summed E-state index contributed by atoms with van der Waals surface area (Å²) in [4.78, 5) is 27.3. The Morgan fingerprint density at radius 3 is 2.14 bits per heavy atom. The van der Waals surface area contributed by atoms with Crippen molar-refractivity contribution in [3.63, 3.8) is 0 Å². The molecule has 150 valence electrons. The number of amides is 2. The Morgan fingerprint density at radius 2 is 1.57 bits per heavy atom. The van der Waals surface area contributed by atoms with Crippen LogP contribution in [0.2, 0.25) is 10.0 Å². The van der Waals surface area contributed by atoms with Crippen LogP contribution in [0.1, 0.15) is 37.8 Å². The maximum atomic E-state index is 13.1. The molecule has 0 aliphatic carbocycles. The zero-order chi connectivity index (χ0) is 20.5. The smallest absolute Gasteiger partial charge is 0.242 e. The predicted octanol–water partition coefficient (Wildman–Crippen LogP) is 4.87. The Morgan fingerprint density at radius 1 is 1.00 bits per heavy atom. The molecular formula is C22H26Cl2N2O2. The van der Waals surface area contributed by atoms with Crippen LogP contribution >= 0.6 is 23.2 Å². The van der Waals surface area contributed by atoms with Crippen molar-refractivity contribution in [3.8, 4) is 0 Å². The number of carbonyl (C=O) groups is 2. The Hall–Kier alpha value is -2.04. The molecule has 4 nitrogen and oxygen atoms in total. The molecule has 6 heteroatoms. The summed E-state index contributed by atoms with van der Waals surface area (Å²) >= 11 is 12.5. The Balaban J connectivity index is 2.22. The number of nitrogens with zero attached hydrogens (tertiary/aromatic N) is 1. The number of benzene rings is 2. The van der Waals surface area contributed by atoms with Crippen LogP contribution < -0.4 is 5.32 Å². The fourth-order valence-corrected chi connectivity index (χ4v) is 3.23. The Labute approximate surface area is 176 Å². The van der Waals surface area contributed by atoms with Crippen LogP contribution in [0, 0.1) is 0 Å². The quantitative estimate of drug-likeness (QED) is 0.588. The van der Waals surface area contributed by atoms with Gasteiger partial charge < -0.3 is 10.2 Å². The van der Waals surface area contributed by atoms with Crippen LogP contribution in [0.15, 0.2) is 48.5 Å². The molecule has 2 aromatic rings. The van der Waals surface area contributed by atoms with Crippen molar-refractivity contribution in [2.45, 2.75) is 45.7 Å². The summed E-state index contributed by atoms with van der Waals surface area (Å²) in [5.41, 5.74) is 1.53. The number of hydrogen-bond acceptors (Lipinski definition) is 2. The normalized spacial score (nSPS) is 11.7. The first kappa shape index (κ1) is 22.3. The highest BCUT2D eigenvalue weighted by Crippen LogP contribution is 2.21. The van der Waals surface area contributed by atoms with Crippen LogP contribution in [0.25, 0.3) is 0 Å². The summed E-state index contributed by atoms with van der Waals surface area (Å²) in [6.45, 7) is 4.65. The first-order valence-electron chi connectivity index (χ1n) is 9.48. The van der Waals surface area contributed by atoms with E-state index in [0.717, 1.165) is 24.0 Å². The molecule has 0 bridgehead atoms. The molecule has 1 atom stereocenters. The molecule has 0 radical (unpaired) electrons. The van der Waals surface area contributed by atoms with Crippen molar-refractivity contribution in [1.29, 1.82) is 0 Å². The molecule has 0 saturated carbocycles. The first-order valence-corrected chi connectivity index (χ1v) is 10.2. The zero-order valence-corrected chi connectivity index (χ0v) is 17.8. The molecule has 0 spiro atoms. The lowest BCUT2D eigenvalue weighted by Gasteiger charge is -2.29. The standard InChI is InChI=1S/C22H26Cl2N2O2/c1-3-4-13-25-22(28)16(2)26(15-18-10-6-8-12-20(18)24)21(27)14-17-9-5-7-11-19(17)23/h5-12,16H,3-4,13-15H2,1-2H3,(H,25,28)/t16-/m0/s1. The summed E-state index contributed by atoms with van der Waals surface area (Å²) in [5.74, 6) is -0.348. The van der Waals surface area contributed by atoms with Crippen LogP contribution in [-0.2, 0) is 22.6 Å². The monoisotopic (exact) mass is 420 g/mol. The second kappa shape index (κ2) is 11.1. The van der Waals surface area contributed by atoms with E-state index in [1.807, 2.05) is 36.4 Å². The number of hydrogen-bond donors (Lipinski definition) is 1.